The summed E-state index contributed by atoms with van der Waals surface area (Å²) in [6.45, 7) is 1.95. The molecule has 4 rings (SSSR count). The maximum atomic E-state index is 10.2. The molecule has 1 aromatic rings. The Morgan fingerprint density at radius 1 is 1.23 bits per heavy atom. The van der Waals surface area contributed by atoms with Crippen molar-refractivity contribution >= 4 is 0 Å². The van der Waals surface area contributed by atoms with Gasteiger partial charge in [-0.2, -0.15) is 0 Å². The monoisotopic (exact) mass is 299 g/mol. The van der Waals surface area contributed by atoms with Crippen LogP contribution in [0.25, 0.3) is 0 Å². The lowest BCUT2D eigenvalue weighted by atomic mass is 9.71. The number of fused-ring (bicyclic) bond motifs is 1. The van der Waals surface area contributed by atoms with Crippen LogP contribution >= 0.6 is 0 Å². The molecule has 4 heteroatoms. The van der Waals surface area contributed by atoms with Gasteiger partial charge in [0, 0.05) is 19.5 Å². The maximum Gasteiger partial charge on any atom is 0.161 e. The summed E-state index contributed by atoms with van der Waals surface area (Å²) in [5.41, 5.74) is 3.64. The lowest BCUT2D eigenvalue weighted by Crippen LogP contribution is -2.51. The van der Waals surface area contributed by atoms with Gasteiger partial charge in [-0.25, -0.2) is 0 Å². The normalized spacial score (nSPS) is 29.4. The minimum Gasteiger partial charge on any atom is -0.493 e. The van der Waals surface area contributed by atoms with Crippen molar-refractivity contribution in [1.29, 1.82) is 0 Å². The highest BCUT2D eigenvalue weighted by atomic mass is 16.5. The first kappa shape index (κ1) is 13.9. The average molecular weight is 299 g/mol. The highest BCUT2D eigenvalue weighted by Crippen LogP contribution is 2.52. The topological polar surface area (TPSA) is 41.9 Å². The van der Waals surface area contributed by atoms with E-state index >= 15 is 0 Å². The molecule has 0 radical (unpaired) electrons. The summed E-state index contributed by atoms with van der Waals surface area (Å²) in [7, 11) is 3.34. The summed E-state index contributed by atoms with van der Waals surface area (Å²) in [6.07, 6.45) is 7.57. The van der Waals surface area contributed by atoms with Crippen molar-refractivity contribution in [2.45, 2.75) is 24.5 Å². The predicted octanol–water partition coefficient (Wildman–Crippen LogP) is 2.02. The van der Waals surface area contributed by atoms with Gasteiger partial charge < -0.3 is 14.6 Å². The molecule has 0 saturated carbocycles. The highest BCUT2D eigenvalue weighted by molar-refractivity contribution is 5.57. The first-order chi connectivity index (χ1) is 10.7. The van der Waals surface area contributed by atoms with E-state index in [-0.39, 0.29) is 5.54 Å². The van der Waals surface area contributed by atoms with Crippen LogP contribution in [0.4, 0.5) is 0 Å². The molecule has 2 aliphatic heterocycles. The van der Waals surface area contributed by atoms with Crippen LogP contribution in [-0.2, 0) is 12.0 Å². The van der Waals surface area contributed by atoms with E-state index in [0.29, 0.717) is 6.42 Å². The van der Waals surface area contributed by atoms with Crippen LogP contribution in [0.15, 0.2) is 35.9 Å². The number of methoxy groups -OCH3 is 2. The second-order valence-electron chi connectivity index (χ2n) is 6.21. The molecular weight excluding hydrogens is 278 g/mol. The fourth-order valence-corrected chi connectivity index (χ4v) is 4.24. The molecule has 1 N–H and O–H groups in total. The van der Waals surface area contributed by atoms with Gasteiger partial charge >= 0.3 is 0 Å². The fourth-order valence-electron chi connectivity index (χ4n) is 4.24. The van der Waals surface area contributed by atoms with Crippen molar-refractivity contribution in [3.63, 3.8) is 0 Å². The fraction of sp³-hybridized carbons (Fsp3) is 0.444. The molecule has 4 nitrogen and oxygen atoms in total. The van der Waals surface area contributed by atoms with Gasteiger partial charge in [0.25, 0.3) is 0 Å². The van der Waals surface area contributed by atoms with E-state index in [1.807, 2.05) is 6.08 Å². The number of rotatable bonds is 2. The summed E-state index contributed by atoms with van der Waals surface area (Å²) >= 11 is 0. The van der Waals surface area contributed by atoms with Crippen LogP contribution in [0, 0.1) is 0 Å². The number of ether oxygens (including phenoxy) is 2. The zero-order valence-corrected chi connectivity index (χ0v) is 13.0. The molecule has 0 fully saturated rings. The molecule has 0 amide bonds. The summed E-state index contributed by atoms with van der Waals surface area (Å²) < 4.78 is 11.0. The van der Waals surface area contributed by atoms with Gasteiger partial charge in [-0.3, -0.25) is 4.90 Å². The standard InChI is InChI=1S/C18H21NO3/c1-21-16-9-12-5-7-19-8-6-13-3-4-14(20)11-18(13,19)15(12)10-17(16)22-2/h3-4,6,9-10,14,20H,5,7-8,11H2,1-2H3/t14-,18+/m0/s1. The van der Waals surface area contributed by atoms with Crippen molar-refractivity contribution in [3.05, 3.63) is 47.1 Å². The molecule has 22 heavy (non-hydrogen) atoms. The third kappa shape index (κ3) is 1.71. The van der Waals surface area contributed by atoms with E-state index < -0.39 is 6.10 Å². The molecule has 116 valence electrons. The number of aliphatic hydroxyl groups is 1. The molecule has 2 heterocycles. The van der Waals surface area contributed by atoms with Crippen molar-refractivity contribution < 1.29 is 14.6 Å². The number of hydrogen-bond acceptors (Lipinski definition) is 4. The molecule has 0 bridgehead atoms. The van der Waals surface area contributed by atoms with Crippen molar-refractivity contribution in [2.24, 2.45) is 0 Å². The molecule has 0 unspecified atom stereocenters. The smallest absolute Gasteiger partial charge is 0.161 e. The Kier molecular flexibility index (Phi) is 3.06. The zero-order valence-electron chi connectivity index (χ0n) is 13.0. The SMILES string of the molecule is COc1cc2c(cc1OC)[C@@]13C[C@@H](O)C=CC1=CCN3CC2. The Bertz CT molecular complexity index is 679. The lowest BCUT2D eigenvalue weighted by Gasteiger charge is -2.48. The average Bonchev–Trinajstić information content (AvgIpc) is 2.92. The van der Waals surface area contributed by atoms with Gasteiger partial charge in [0.15, 0.2) is 11.5 Å². The molecule has 1 aromatic carbocycles. The van der Waals surface area contributed by atoms with Gasteiger partial charge in [0.05, 0.1) is 25.9 Å². The molecule has 1 aliphatic carbocycles. The number of nitrogens with zero attached hydrogens (tertiary/aromatic N) is 1. The van der Waals surface area contributed by atoms with Gasteiger partial charge in [0.1, 0.15) is 0 Å². The third-order valence-corrected chi connectivity index (χ3v) is 5.26. The van der Waals surface area contributed by atoms with E-state index in [4.69, 9.17) is 9.47 Å². The highest BCUT2D eigenvalue weighted by Gasteiger charge is 2.49. The predicted molar refractivity (Wildman–Crippen MR) is 84.3 cm³/mol. The first-order valence-corrected chi connectivity index (χ1v) is 7.76. The number of benzene rings is 1. The van der Waals surface area contributed by atoms with Crippen LogP contribution in [0.3, 0.4) is 0 Å². The Balaban J connectivity index is 1.93. The number of hydrogen-bond donors (Lipinski definition) is 1. The zero-order chi connectivity index (χ0) is 15.3. The Hall–Kier alpha value is -1.78. The summed E-state index contributed by atoms with van der Waals surface area (Å²) in [5.74, 6) is 1.54. The minimum atomic E-state index is -0.406. The first-order valence-electron chi connectivity index (χ1n) is 7.76. The lowest BCUT2D eigenvalue weighted by molar-refractivity contribution is 0.0769. The van der Waals surface area contributed by atoms with Crippen LogP contribution in [-0.4, -0.2) is 43.4 Å². The van der Waals surface area contributed by atoms with Gasteiger partial charge in [-0.05, 0) is 35.3 Å². The molecular formula is C18H21NO3. The largest absolute Gasteiger partial charge is 0.493 e. The van der Waals surface area contributed by atoms with Crippen LogP contribution in [0.2, 0.25) is 0 Å². The van der Waals surface area contributed by atoms with Crippen molar-refractivity contribution in [2.75, 3.05) is 27.3 Å². The summed E-state index contributed by atoms with van der Waals surface area (Å²) in [5, 5.41) is 10.2. The maximum absolute atomic E-state index is 10.2. The van der Waals surface area contributed by atoms with Crippen LogP contribution < -0.4 is 9.47 Å². The summed E-state index contributed by atoms with van der Waals surface area (Å²) in [6, 6.07) is 4.20. The van der Waals surface area contributed by atoms with Crippen molar-refractivity contribution in [1.82, 2.24) is 4.90 Å². The van der Waals surface area contributed by atoms with E-state index in [2.05, 4.69) is 29.2 Å². The number of aliphatic hydroxyl groups excluding tert-OH is 1. The Morgan fingerprint density at radius 3 is 2.77 bits per heavy atom. The molecule has 2 atom stereocenters. The van der Waals surface area contributed by atoms with Gasteiger partial charge in [-0.1, -0.05) is 18.2 Å². The minimum absolute atomic E-state index is 0.207. The molecule has 0 aromatic heterocycles. The molecule has 0 saturated heterocycles. The Morgan fingerprint density at radius 2 is 2.00 bits per heavy atom. The van der Waals surface area contributed by atoms with E-state index in [0.717, 1.165) is 31.0 Å². The van der Waals surface area contributed by atoms with Gasteiger partial charge in [0.2, 0.25) is 0 Å². The second-order valence-corrected chi connectivity index (χ2v) is 6.21. The van der Waals surface area contributed by atoms with E-state index in [9.17, 15) is 5.11 Å². The Labute approximate surface area is 130 Å². The van der Waals surface area contributed by atoms with Gasteiger partial charge in [-0.15, -0.1) is 0 Å². The molecule has 1 spiro atoms. The van der Waals surface area contributed by atoms with Crippen LogP contribution in [0.1, 0.15) is 17.5 Å². The van der Waals surface area contributed by atoms with E-state index in [1.54, 1.807) is 14.2 Å². The quantitative estimate of drug-likeness (QED) is 0.907. The second kappa shape index (κ2) is 4.86. The third-order valence-electron chi connectivity index (χ3n) is 5.26. The molecule has 3 aliphatic rings. The van der Waals surface area contributed by atoms with Crippen LogP contribution in [0.5, 0.6) is 11.5 Å². The van der Waals surface area contributed by atoms with Crippen molar-refractivity contribution in [3.8, 4) is 11.5 Å². The summed E-state index contributed by atoms with van der Waals surface area (Å²) in [4.78, 5) is 2.48. The van der Waals surface area contributed by atoms with E-state index in [1.165, 1.54) is 16.7 Å².